The maximum absolute atomic E-state index is 12.5. The van der Waals surface area contributed by atoms with Crippen LogP contribution in [0.5, 0.6) is 11.5 Å². The summed E-state index contributed by atoms with van der Waals surface area (Å²) < 4.78 is 40.7. The highest BCUT2D eigenvalue weighted by atomic mass is 19.3. The number of nitrogen functional groups attached to an aromatic ring is 1. The summed E-state index contributed by atoms with van der Waals surface area (Å²) in [6, 6.07) is 3.32. The molecule has 0 bridgehead atoms. The predicted molar refractivity (Wildman–Crippen MR) is 105 cm³/mol. The van der Waals surface area contributed by atoms with Gasteiger partial charge in [0, 0.05) is 13.6 Å². The highest BCUT2D eigenvalue weighted by molar-refractivity contribution is 6.02. The molecule has 1 aromatic heterocycles. The van der Waals surface area contributed by atoms with Gasteiger partial charge in [0.2, 0.25) is 5.78 Å². The van der Waals surface area contributed by atoms with E-state index < -0.39 is 41.8 Å². The lowest BCUT2D eigenvalue weighted by Gasteiger charge is -2.14. The summed E-state index contributed by atoms with van der Waals surface area (Å²) in [5.74, 6) is -2.63. The van der Waals surface area contributed by atoms with E-state index in [2.05, 4.69) is 4.74 Å². The molecule has 12 heteroatoms. The number of aromatic nitrogens is 2. The van der Waals surface area contributed by atoms with E-state index >= 15 is 0 Å². The Kier molecular flexibility index (Phi) is 7.51. The summed E-state index contributed by atoms with van der Waals surface area (Å²) >= 11 is 0. The zero-order valence-corrected chi connectivity index (χ0v) is 17.0. The maximum Gasteiger partial charge on any atom is 0.387 e. The van der Waals surface area contributed by atoms with Crippen molar-refractivity contribution in [1.29, 1.82) is 0 Å². The molecule has 31 heavy (non-hydrogen) atoms. The van der Waals surface area contributed by atoms with Crippen LogP contribution in [0.15, 0.2) is 27.8 Å². The summed E-state index contributed by atoms with van der Waals surface area (Å²) in [7, 11) is 2.39. The molecule has 0 fully saturated rings. The molecule has 0 radical (unpaired) electrons. The fraction of sp³-hybridized carbons (Fsp3) is 0.368. The lowest BCUT2D eigenvalue weighted by Crippen LogP contribution is -2.43. The first-order valence-electron chi connectivity index (χ1n) is 9.04. The van der Waals surface area contributed by atoms with Crippen LogP contribution in [0.3, 0.4) is 0 Å². The van der Waals surface area contributed by atoms with E-state index in [1.54, 1.807) is 6.92 Å². The van der Waals surface area contributed by atoms with Crippen LogP contribution in [0.1, 0.15) is 34.1 Å². The maximum atomic E-state index is 12.5. The molecular formula is C19H21F2N3O7. The lowest BCUT2D eigenvalue weighted by molar-refractivity contribution is -0.0512. The average Bonchev–Trinajstić information content (AvgIpc) is 2.73. The van der Waals surface area contributed by atoms with Crippen LogP contribution in [0.2, 0.25) is 0 Å². The van der Waals surface area contributed by atoms with E-state index in [4.69, 9.17) is 15.2 Å². The van der Waals surface area contributed by atoms with E-state index in [0.717, 1.165) is 27.3 Å². The number of Topliss-reactive ketones (excluding diaryl/α,β-unsaturated/α-hetero) is 1. The summed E-state index contributed by atoms with van der Waals surface area (Å²) in [4.78, 5) is 49.3. The number of carbonyl (C=O) groups is 2. The van der Waals surface area contributed by atoms with Crippen LogP contribution >= 0.6 is 0 Å². The summed E-state index contributed by atoms with van der Waals surface area (Å²) in [6.45, 7) is -1.95. The van der Waals surface area contributed by atoms with Crippen LogP contribution in [0, 0.1) is 0 Å². The number of ketones is 1. The van der Waals surface area contributed by atoms with Gasteiger partial charge in [-0.05, 0) is 24.6 Å². The fourth-order valence-electron chi connectivity index (χ4n) is 2.76. The third kappa shape index (κ3) is 5.08. The molecule has 2 N–H and O–H groups in total. The van der Waals surface area contributed by atoms with Crippen molar-refractivity contribution < 1.29 is 32.6 Å². The summed E-state index contributed by atoms with van der Waals surface area (Å²) in [6.07, 6.45) is 0.526. The molecule has 0 aliphatic carbocycles. The number of hydrogen-bond donors (Lipinski definition) is 1. The van der Waals surface area contributed by atoms with Gasteiger partial charge in [0.1, 0.15) is 11.4 Å². The molecule has 2 rings (SSSR count). The van der Waals surface area contributed by atoms with Gasteiger partial charge in [-0.1, -0.05) is 6.92 Å². The van der Waals surface area contributed by atoms with Crippen LogP contribution < -0.4 is 26.5 Å². The second-order valence-corrected chi connectivity index (χ2v) is 6.30. The highest BCUT2D eigenvalue weighted by Gasteiger charge is 2.23. The number of nitrogens with two attached hydrogens (primary N) is 1. The Labute approximate surface area is 174 Å². The highest BCUT2D eigenvalue weighted by Crippen LogP contribution is 2.29. The Morgan fingerprint density at radius 3 is 2.45 bits per heavy atom. The zero-order chi connectivity index (χ0) is 23.3. The molecule has 0 atom stereocenters. The summed E-state index contributed by atoms with van der Waals surface area (Å²) in [5, 5.41) is 0. The number of anilines is 1. The Balaban J connectivity index is 2.24. The first-order chi connectivity index (χ1) is 14.6. The van der Waals surface area contributed by atoms with Crippen molar-refractivity contribution in [3.63, 3.8) is 0 Å². The van der Waals surface area contributed by atoms with Crippen LogP contribution in [0.25, 0.3) is 0 Å². The van der Waals surface area contributed by atoms with E-state index in [1.807, 2.05) is 0 Å². The van der Waals surface area contributed by atoms with Gasteiger partial charge < -0.3 is 19.9 Å². The number of nitrogens with zero attached hydrogens (tertiary/aromatic N) is 2. The molecule has 168 valence electrons. The molecule has 1 heterocycles. The number of methoxy groups -OCH3 is 1. The van der Waals surface area contributed by atoms with Gasteiger partial charge in [0.15, 0.2) is 18.1 Å². The Morgan fingerprint density at radius 1 is 1.19 bits per heavy atom. The number of esters is 1. The van der Waals surface area contributed by atoms with Gasteiger partial charge in [-0.2, -0.15) is 8.78 Å². The number of benzene rings is 1. The number of alkyl halides is 2. The van der Waals surface area contributed by atoms with E-state index in [1.165, 1.54) is 14.2 Å². The summed E-state index contributed by atoms with van der Waals surface area (Å²) in [5.41, 5.74) is 3.69. The molecule has 0 saturated heterocycles. The van der Waals surface area contributed by atoms with Gasteiger partial charge in [-0.3, -0.25) is 18.7 Å². The van der Waals surface area contributed by atoms with Crippen LogP contribution in [0.4, 0.5) is 14.6 Å². The monoisotopic (exact) mass is 441 g/mol. The van der Waals surface area contributed by atoms with Crippen LogP contribution in [-0.2, 0) is 18.3 Å². The Morgan fingerprint density at radius 2 is 1.87 bits per heavy atom. The number of hydrogen-bond acceptors (Lipinski definition) is 8. The fourth-order valence-corrected chi connectivity index (χ4v) is 2.76. The third-order valence-corrected chi connectivity index (χ3v) is 4.26. The van der Waals surface area contributed by atoms with Crippen molar-refractivity contribution in [3.8, 4) is 11.5 Å². The van der Waals surface area contributed by atoms with Gasteiger partial charge in [0.25, 0.3) is 5.56 Å². The first kappa shape index (κ1) is 23.6. The van der Waals surface area contributed by atoms with Crippen molar-refractivity contribution in [2.24, 2.45) is 7.05 Å². The first-order valence-corrected chi connectivity index (χ1v) is 9.04. The molecule has 0 amide bonds. The van der Waals surface area contributed by atoms with E-state index in [0.29, 0.717) is 6.42 Å². The zero-order valence-electron chi connectivity index (χ0n) is 17.0. The normalized spacial score (nSPS) is 10.8. The smallest absolute Gasteiger partial charge is 0.387 e. The minimum atomic E-state index is -3.09. The van der Waals surface area contributed by atoms with Crippen molar-refractivity contribution in [2.75, 3.05) is 19.5 Å². The van der Waals surface area contributed by atoms with Crippen molar-refractivity contribution in [1.82, 2.24) is 9.13 Å². The Hall–Kier alpha value is -3.70. The standard InChI is InChI=1S/C19H21F2N3O7/c1-4-7-24-15(22)14(16(26)23(2)19(24)28)11(25)9-30-17(27)10-5-6-12(31-18(20)21)13(8-10)29-3/h5-6,8,18H,4,7,9,22H2,1-3H3. The second-order valence-electron chi connectivity index (χ2n) is 6.30. The second kappa shape index (κ2) is 9.87. The van der Waals surface area contributed by atoms with Crippen LogP contribution in [-0.4, -0.2) is 41.2 Å². The largest absolute Gasteiger partial charge is 0.493 e. The molecule has 0 aliphatic rings. The molecule has 2 aromatic rings. The minimum absolute atomic E-state index is 0.108. The number of halogens is 2. The molecule has 10 nitrogen and oxygen atoms in total. The molecular weight excluding hydrogens is 420 g/mol. The SMILES string of the molecule is CCCn1c(N)c(C(=O)COC(=O)c2ccc(OC(F)F)c(OC)c2)c(=O)n(C)c1=O. The van der Waals surface area contributed by atoms with Crippen molar-refractivity contribution in [2.45, 2.75) is 26.5 Å². The topological polar surface area (TPSA) is 132 Å². The van der Waals surface area contributed by atoms with Gasteiger partial charge in [-0.15, -0.1) is 0 Å². The Bertz CT molecular complexity index is 1110. The average molecular weight is 441 g/mol. The number of rotatable bonds is 9. The number of ether oxygens (including phenoxy) is 3. The quantitative estimate of drug-likeness (QED) is 0.453. The van der Waals surface area contributed by atoms with E-state index in [-0.39, 0.29) is 29.4 Å². The van der Waals surface area contributed by atoms with E-state index in [9.17, 15) is 28.0 Å². The lowest BCUT2D eigenvalue weighted by atomic mass is 10.2. The third-order valence-electron chi connectivity index (χ3n) is 4.26. The molecule has 1 aromatic carbocycles. The van der Waals surface area contributed by atoms with Gasteiger partial charge in [0.05, 0.1) is 12.7 Å². The van der Waals surface area contributed by atoms with Crippen molar-refractivity contribution >= 4 is 17.6 Å². The minimum Gasteiger partial charge on any atom is -0.493 e. The molecule has 0 saturated carbocycles. The molecule has 0 unspecified atom stereocenters. The van der Waals surface area contributed by atoms with Crippen molar-refractivity contribution in [3.05, 3.63) is 50.2 Å². The molecule has 0 aliphatic heterocycles. The number of carbonyl (C=O) groups excluding carboxylic acids is 2. The van der Waals surface area contributed by atoms with Gasteiger partial charge >= 0.3 is 18.3 Å². The van der Waals surface area contributed by atoms with Gasteiger partial charge in [-0.25, -0.2) is 9.59 Å². The molecule has 0 spiro atoms. The predicted octanol–water partition coefficient (Wildman–Crippen LogP) is 1.19.